The first-order chi connectivity index (χ1) is 9.88. The number of amides is 1. The Morgan fingerprint density at radius 1 is 1.14 bits per heavy atom. The Morgan fingerprint density at radius 3 is 2.29 bits per heavy atom. The fraction of sp³-hybridized carbons (Fsp3) is 0. The molecule has 0 unspecified atom stereocenters. The third-order valence-corrected chi connectivity index (χ3v) is 3.11. The number of nitro groups is 1. The predicted octanol–water partition coefficient (Wildman–Crippen LogP) is 3.89. The number of nitrogens with zero attached hydrogens (tertiary/aromatic N) is 1. The normalized spacial score (nSPS) is 10.2. The maximum Gasteiger partial charge on any atom is 0.285 e. The molecule has 0 saturated carbocycles. The van der Waals surface area contributed by atoms with E-state index >= 15 is 0 Å². The second-order valence-corrected chi connectivity index (χ2v) is 4.92. The number of carbonyl (C=O) groups is 1. The van der Waals surface area contributed by atoms with Crippen LogP contribution in [0.2, 0.25) is 0 Å². The zero-order valence-electron chi connectivity index (χ0n) is 10.3. The standard InChI is InChI=1S/C13H7BrF2N2O3/c14-7-1-3-8(4-2-7)17-13(19)9-5-10(15)11(16)6-12(9)18(20)21/h1-6H,(H,17,19). The van der Waals surface area contributed by atoms with Crippen LogP contribution in [0.3, 0.4) is 0 Å². The summed E-state index contributed by atoms with van der Waals surface area (Å²) >= 11 is 3.21. The molecule has 0 saturated heterocycles. The molecule has 0 fully saturated rings. The van der Waals surface area contributed by atoms with Gasteiger partial charge in [0.2, 0.25) is 0 Å². The summed E-state index contributed by atoms with van der Waals surface area (Å²) in [5.74, 6) is -3.62. The summed E-state index contributed by atoms with van der Waals surface area (Å²) in [6, 6.07) is 7.28. The molecule has 5 nitrogen and oxygen atoms in total. The molecule has 21 heavy (non-hydrogen) atoms. The number of nitrogens with one attached hydrogen (secondary N) is 1. The van der Waals surface area contributed by atoms with E-state index in [4.69, 9.17) is 0 Å². The van der Waals surface area contributed by atoms with Crippen molar-refractivity contribution < 1.29 is 18.5 Å². The molecular formula is C13H7BrF2N2O3. The van der Waals surface area contributed by atoms with Crippen molar-refractivity contribution >= 4 is 33.2 Å². The summed E-state index contributed by atoms with van der Waals surface area (Å²) in [5, 5.41) is 13.2. The minimum absolute atomic E-state index is 0.363. The van der Waals surface area contributed by atoms with E-state index in [2.05, 4.69) is 21.2 Å². The number of carbonyl (C=O) groups excluding carboxylic acids is 1. The van der Waals surface area contributed by atoms with Crippen LogP contribution in [0.5, 0.6) is 0 Å². The Hall–Kier alpha value is -2.35. The monoisotopic (exact) mass is 356 g/mol. The predicted molar refractivity (Wildman–Crippen MR) is 75.1 cm³/mol. The second-order valence-electron chi connectivity index (χ2n) is 4.00. The van der Waals surface area contributed by atoms with Crippen LogP contribution in [0.25, 0.3) is 0 Å². The van der Waals surface area contributed by atoms with Crippen LogP contribution in [0.4, 0.5) is 20.2 Å². The van der Waals surface area contributed by atoms with Gasteiger partial charge in [-0.25, -0.2) is 8.78 Å². The van der Waals surface area contributed by atoms with Gasteiger partial charge in [0.25, 0.3) is 11.6 Å². The van der Waals surface area contributed by atoms with Crippen molar-refractivity contribution in [2.45, 2.75) is 0 Å². The summed E-state index contributed by atoms with van der Waals surface area (Å²) in [5.41, 5.74) is -0.993. The van der Waals surface area contributed by atoms with E-state index < -0.39 is 33.7 Å². The summed E-state index contributed by atoms with van der Waals surface area (Å²) in [6.07, 6.45) is 0. The highest BCUT2D eigenvalue weighted by atomic mass is 79.9. The molecule has 0 radical (unpaired) electrons. The van der Waals surface area contributed by atoms with E-state index in [1.54, 1.807) is 24.3 Å². The van der Waals surface area contributed by atoms with E-state index in [1.165, 1.54) is 0 Å². The molecule has 0 aromatic heterocycles. The largest absolute Gasteiger partial charge is 0.322 e. The lowest BCUT2D eigenvalue weighted by molar-refractivity contribution is -0.385. The lowest BCUT2D eigenvalue weighted by Crippen LogP contribution is -2.14. The van der Waals surface area contributed by atoms with Crippen LogP contribution < -0.4 is 5.32 Å². The van der Waals surface area contributed by atoms with Gasteiger partial charge in [-0.3, -0.25) is 14.9 Å². The number of halogens is 3. The molecule has 2 rings (SSSR count). The van der Waals surface area contributed by atoms with Gasteiger partial charge < -0.3 is 5.32 Å². The van der Waals surface area contributed by atoms with E-state index in [-0.39, 0.29) is 0 Å². The number of nitro benzene ring substituents is 1. The Bertz CT molecular complexity index is 720. The molecule has 0 aliphatic rings. The molecule has 108 valence electrons. The van der Waals surface area contributed by atoms with E-state index in [0.717, 1.165) is 4.47 Å². The van der Waals surface area contributed by atoms with Crippen molar-refractivity contribution in [1.29, 1.82) is 0 Å². The molecule has 0 spiro atoms. The van der Waals surface area contributed by atoms with Crippen molar-refractivity contribution in [3.8, 4) is 0 Å². The quantitative estimate of drug-likeness (QED) is 0.669. The van der Waals surface area contributed by atoms with E-state index in [9.17, 15) is 23.7 Å². The summed E-state index contributed by atoms with van der Waals surface area (Å²) < 4.78 is 27.0. The Balaban J connectivity index is 2.36. The Morgan fingerprint density at radius 2 is 1.71 bits per heavy atom. The van der Waals surface area contributed by atoms with Crippen molar-refractivity contribution in [2.75, 3.05) is 5.32 Å². The van der Waals surface area contributed by atoms with Crippen molar-refractivity contribution in [1.82, 2.24) is 0 Å². The van der Waals surface area contributed by atoms with Gasteiger partial charge in [0.05, 0.1) is 11.0 Å². The van der Waals surface area contributed by atoms with Crippen molar-refractivity contribution in [3.63, 3.8) is 0 Å². The van der Waals surface area contributed by atoms with Gasteiger partial charge in [-0.05, 0) is 30.3 Å². The van der Waals surface area contributed by atoms with Gasteiger partial charge >= 0.3 is 0 Å². The van der Waals surface area contributed by atoms with E-state index in [0.29, 0.717) is 17.8 Å². The molecular weight excluding hydrogens is 350 g/mol. The van der Waals surface area contributed by atoms with Gasteiger partial charge in [0.15, 0.2) is 11.6 Å². The minimum Gasteiger partial charge on any atom is -0.322 e. The zero-order valence-corrected chi connectivity index (χ0v) is 11.9. The molecule has 2 aromatic rings. The molecule has 0 heterocycles. The van der Waals surface area contributed by atoms with Gasteiger partial charge in [0, 0.05) is 10.2 Å². The van der Waals surface area contributed by atoms with Crippen LogP contribution in [-0.4, -0.2) is 10.8 Å². The summed E-state index contributed by atoms with van der Waals surface area (Å²) in [6.45, 7) is 0. The molecule has 2 aromatic carbocycles. The Labute approximate surface area is 125 Å². The molecule has 0 bridgehead atoms. The first kappa shape index (κ1) is 15.0. The lowest BCUT2D eigenvalue weighted by atomic mass is 10.1. The molecule has 0 aliphatic heterocycles. The highest BCUT2D eigenvalue weighted by Gasteiger charge is 2.24. The molecule has 1 N–H and O–H groups in total. The highest BCUT2D eigenvalue weighted by Crippen LogP contribution is 2.23. The molecule has 8 heteroatoms. The van der Waals surface area contributed by atoms with Crippen molar-refractivity contribution in [2.24, 2.45) is 0 Å². The fourth-order valence-corrected chi connectivity index (χ4v) is 1.87. The maximum atomic E-state index is 13.2. The topological polar surface area (TPSA) is 72.2 Å². The third-order valence-electron chi connectivity index (χ3n) is 2.58. The lowest BCUT2D eigenvalue weighted by Gasteiger charge is -2.06. The third kappa shape index (κ3) is 3.40. The molecule has 1 amide bonds. The van der Waals surface area contributed by atoms with Crippen LogP contribution in [0.15, 0.2) is 40.9 Å². The van der Waals surface area contributed by atoms with Gasteiger partial charge in [-0.15, -0.1) is 0 Å². The number of benzene rings is 2. The highest BCUT2D eigenvalue weighted by molar-refractivity contribution is 9.10. The average Bonchev–Trinajstić information content (AvgIpc) is 2.43. The second kappa shape index (κ2) is 5.96. The van der Waals surface area contributed by atoms with Gasteiger partial charge in [0.1, 0.15) is 5.56 Å². The zero-order chi connectivity index (χ0) is 15.6. The number of hydrogen-bond donors (Lipinski definition) is 1. The summed E-state index contributed by atoms with van der Waals surface area (Å²) in [7, 11) is 0. The summed E-state index contributed by atoms with van der Waals surface area (Å²) in [4.78, 5) is 21.8. The smallest absolute Gasteiger partial charge is 0.285 e. The van der Waals surface area contributed by atoms with Gasteiger partial charge in [-0.2, -0.15) is 0 Å². The number of anilines is 1. The fourth-order valence-electron chi connectivity index (χ4n) is 1.60. The molecule has 0 aliphatic carbocycles. The van der Waals surface area contributed by atoms with E-state index in [1.807, 2.05) is 0 Å². The van der Waals surface area contributed by atoms with Crippen LogP contribution >= 0.6 is 15.9 Å². The van der Waals surface area contributed by atoms with Crippen LogP contribution in [0.1, 0.15) is 10.4 Å². The maximum absolute atomic E-state index is 13.2. The SMILES string of the molecule is O=C(Nc1ccc(Br)cc1)c1cc(F)c(F)cc1[N+](=O)[O-]. The molecule has 0 atom stereocenters. The van der Waals surface area contributed by atoms with Crippen LogP contribution in [-0.2, 0) is 0 Å². The number of hydrogen-bond acceptors (Lipinski definition) is 3. The van der Waals surface area contributed by atoms with Crippen LogP contribution in [0, 0.1) is 21.7 Å². The first-order valence-electron chi connectivity index (χ1n) is 5.59. The van der Waals surface area contributed by atoms with Crippen molar-refractivity contribution in [3.05, 3.63) is 68.2 Å². The minimum atomic E-state index is -1.39. The Kier molecular flexibility index (Phi) is 4.27. The first-order valence-corrected chi connectivity index (χ1v) is 6.38. The number of rotatable bonds is 3. The van der Waals surface area contributed by atoms with Gasteiger partial charge in [-0.1, -0.05) is 15.9 Å². The average molecular weight is 357 g/mol.